The van der Waals surface area contributed by atoms with Crippen molar-refractivity contribution >= 4 is 11.0 Å². The second-order valence-corrected chi connectivity index (χ2v) is 10.7. The first-order chi connectivity index (χ1) is 20.6. The topological polar surface area (TPSA) is 35.9 Å². The zero-order chi connectivity index (χ0) is 30.3. The summed E-state index contributed by atoms with van der Waals surface area (Å²) in [6, 6.07) is 29.5. The van der Waals surface area contributed by atoms with E-state index in [4.69, 9.17) is 13.9 Å². The van der Waals surface area contributed by atoms with Gasteiger partial charge in [-0.2, -0.15) is 9.67 Å². The van der Waals surface area contributed by atoms with Crippen LogP contribution in [0.3, 0.4) is 0 Å². The van der Waals surface area contributed by atoms with Crippen LogP contribution >= 0.6 is 0 Å². The van der Waals surface area contributed by atoms with Gasteiger partial charge in [-0.15, -0.1) is 0 Å². The van der Waals surface area contributed by atoms with Crippen LogP contribution in [0.4, 0.5) is 0 Å². The maximum Gasteiger partial charge on any atom is 0.249 e. The standard InChI is InChI=1S/C35H35N4O/c1-24(2)31-15-10-16-32(25(3)4)35(31)26-21-36-39(22-26)28-12-9-14-30(20-28)40-29-13-8-11-27(19-29)38-23-37(5)33-17-6-7-18-34(33)38/h6-25H,1-5H3/q+1/i5D3. The third-order valence-corrected chi connectivity index (χ3v) is 7.29. The summed E-state index contributed by atoms with van der Waals surface area (Å²) in [6.45, 7) is 6.62. The predicted molar refractivity (Wildman–Crippen MR) is 162 cm³/mol. The molecular weight excluding hydrogens is 492 g/mol. The largest absolute Gasteiger partial charge is 0.457 e. The van der Waals surface area contributed by atoms with E-state index >= 15 is 0 Å². The van der Waals surface area contributed by atoms with Crippen molar-refractivity contribution in [2.24, 2.45) is 6.98 Å². The van der Waals surface area contributed by atoms with Crippen LogP contribution < -0.4 is 9.30 Å². The highest BCUT2D eigenvalue weighted by Crippen LogP contribution is 2.36. The van der Waals surface area contributed by atoms with Crippen molar-refractivity contribution in [2.75, 3.05) is 0 Å². The SMILES string of the molecule is [2H]C([2H])([2H])[n+]1cn(-c2cccc(Oc3cccc(-n4cc(-c5c(C(C)C)cccc5C(C)C)cn4)c3)c2)c2ccccc21. The molecule has 6 aromatic rings. The average Bonchev–Trinajstić information content (AvgIpc) is 3.63. The van der Waals surface area contributed by atoms with Gasteiger partial charge in [0.05, 0.1) is 23.0 Å². The zero-order valence-electron chi connectivity index (χ0n) is 26.2. The molecule has 0 aliphatic carbocycles. The number of hydrogen-bond donors (Lipinski definition) is 0. The highest BCUT2D eigenvalue weighted by Gasteiger charge is 2.18. The van der Waals surface area contributed by atoms with Crippen LogP contribution in [0.25, 0.3) is 33.5 Å². The molecule has 5 heteroatoms. The van der Waals surface area contributed by atoms with E-state index in [1.807, 2.05) is 88.2 Å². The predicted octanol–water partition coefficient (Wildman–Crippen LogP) is 8.35. The molecule has 0 spiro atoms. The van der Waals surface area contributed by atoms with Gasteiger partial charge in [-0.1, -0.05) is 70.2 Å². The van der Waals surface area contributed by atoms with E-state index in [-0.39, 0.29) is 0 Å². The quantitative estimate of drug-likeness (QED) is 0.194. The number of rotatable bonds is 7. The second kappa shape index (κ2) is 10.5. The summed E-state index contributed by atoms with van der Waals surface area (Å²) >= 11 is 0. The van der Waals surface area contributed by atoms with Crippen molar-refractivity contribution in [2.45, 2.75) is 39.5 Å². The Hall–Kier alpha value is -4.64. The van der Waals surface area contributed by atoms with Crippen LogP contribution in [0.1, 0.15) is 54.8 Å². The fraction of sp³-hybridized carbons (Fsp3) is 0.200. The Bertz CT molecular complexity index is 1890. The van der Waals surface area contributed by atoms with Crippen LogP contribution in [0, 0.1) is 0 Å². The molecule has 0 bridgehead atoms. The van der Waals surface area contributed by atoms with Crippen LogP contribution in [-0.4, -0.2) is 14.3 Å². The molecule has 0 saturated carbocycles. The highest BCUT2D eigenvalue weighted by atomic mass is 16.5. The van der Waals surface area contributed by atoms with Crippen LogP contribution in [0.2, 0.25) is 0 Å². The summed E-state index contributed by atoms with van der Waals surface area (Å²) in [5.41, 5.74) is 8.13. The smallest absolute Gasteiger partial charge is 0.249 e. The van der Waals surface area contributed by atoms with Gasteiger partial charge in [-0.3, -0.25) is 0 Å². The molecule has 40 heavy (non-hydrogen) atoms. The lowest BCUT2D eigenvalue weighted by Gasteiger charge is -2.18. The maximum atomic E-state index is 7.97. The van der Waals surface area contributed by atoms with E-state index < -0.39 is 6.98 Å². The lowest BCUT2D eigenvalue weighted by Crippen LogP contribution is -2.25. The average molecular weight is 531 g/mol. The van der Waals surface area contributed by atoms with Gasteiger partial charge in [0.25, 0.3) is 0 Å². The molecule has 0 saturated heterocycles. The van der Waals surface area contributed by atoms with Gasteiger partial charge >= 0.3 is 0 Å². The molecular formula is C35H35N4O+. The molecule has 5 nitrogen and oxygen atoms in total. The first-order valence-corrected chi connectivity index (χ1v) is 13.7. The fourth-order valence-electron chi connectivity index (χ4n) is 5.32. The van der Waals surface area contributed by atoms with Gasteiger partial charge in [0.2, 0.25) is 6.33 Å². The van der Waals surface area contributed by atoms with Crippen molar-refractivity contribution in [1.29, 1.82) is 0 Å². The fourth-order valence-corrected chi connectivity index (χ4v) is 5.32. The highest BCUT2D eigenvalue weighted by molar-refractivity contribution is 5.74. The summed E-state index contributed by atoms with van der Waals surface area (Å²) < 4.78 is 35.3. The zero-order valence-corrected chi connectivity index (χ0v) is 23.2. The summed E-state index contributed by atoms with van der Waals surface area (Å²) in [7, 11) is 0. The number of para-hydroxylation sites is 2. The van der Waals surface area contributed by atoms with E-state index in [9.17, 15) is 0 Å². The van der Waals surface area contributed by atoms with Gasteiger partial charge in [0.1, 0.15) is 17.2 Å². The molecule has 200 valence electrons. The number of nitrogens with zero attached hydrogens (tertiary/aromatic N) is 4. The molecule has 0 N–H and O–H groups in total. The lowest BCUT2D eigenvalue weighted by atomic mass is 9.86. The minimum Gasteiger partial charge on any atom is -0.457 e. The van der Waals surface area contributed by atoms with Gasteiger partial charge in [-0.25, -0.2) is 9.25 Å². The number of aryl methyl sites for hydroxylation is 1. The van der Waals surface area contributed by atoms with Gasteiger partial charge in [0, 0.05) is 23.9 Å². The Morgan fingerprint density at radius 3 is 2.12 bits per heavy atom. The molecule has 0 amide bonds. The number of benzene rings is 4. The Morgan fingerprint density at radius 1 is 0.775 bits per heavy atom. The van der Waals surface area contributed by atoms with E-state index in [0.717, 1.165) is 22.5 Å². The van der Waals surface area contributed by atoms with Gasteiger partial charge in [-0.05, 0) is 64.9 Å². The number of ether oxygens (including phenoxy) is 1. The summed E-state index contributed by atoms with van der Waals surface area (Å²) in [6.07, 6.45) is 5.65. The summed E-state index contributed by atoms with van der Waals surface area (Å²) in [5.74, 6) is 2.11. The van der Waals surface area contributed by atoms with E-state index in [0.29, 0.717) is 28.9 Å². The summed E-state index contributed by atoms with van der Waals surface area (Å²) in [4.78, 5) is 0. The monoisotopic (exact) mass is 530 g/mol. The Balaban J connectivity index is 1.31. The second-order valence-electron chi connectivity index (χ2n) is 10.7. The van der Waals surface area contributed by atoms with E-state index in [2.05, 4.69) is 52.1 Å². The van der Waals surface area contributed by atoms with Gasteiger partial charge in [0.15, 0.2) is 11.0 Å². The van der Waals surface area contributed by atoms with Crippen molar-refractivity contribution in [3.05, 3.63) is 121 Å². The molecule has 2 heterocycles. The van der Waals surface area contributed by atoms with Crippen LogP contribution in [-0.2, 0) is 6.98 Å². The molecule has 0 atom stereocenters. The Kier molecular flexibility index (Phi) is 5.83. The number of fused-ring (bicyclic) bond motifs is 1. The molecule has 0 radical (unpaired) electrons. The number of aromatic nitrogens is 4. The van der Waals surface area contributed by atoms with Crippen molar-refractivity contribution in [3.8, 4) is 34.0 Å². The first-order valence-electron chi connectivity index (χ1n) is 15.2. The normalized spacial score (nSPS) is 13.0. The van der Waals surface area contributed by atoms with Crippen LogP contribution in [0.5, 0.6) is 11.5 Å². The number of imidazole rings is 1. The summed E-state index contributed by atoms with van der Waals surface area (Å²) in [5, 5.41) is 4.73. The van der Waals surface area contributed by atoms with Crippen LogP contribution in [0.15, 0.2) is 110 Å². The minimum absolute atomic E-state index is 0.396. The Morgan fingerprint density at radius 2 is 1.43 bits per heavy atom. The van der Waals surface area contributed by atoms with E-state index in [1.54, 1.807) is 6.33 Å². The molecule has 2 aromatic heterocycles. The van der Waals surface area contributed by atoms with Gasteiger partial charge < -0.3 is 4.74 Å². The lowest BCUT2D eigenvalue weighted by molar-refractivity contribution is -0.645. The molecule has 0 unspecified atom stereocenters. The molecule has 0 aliphatic heterocycles. The first kappa shape index (κ1) is 22.2. The minimum atomic E-state index is -2.29. The molecule has 0 fully saturated rings. The Labute approximate surface area is 240 Å². The maximum absolute atomic E-state index is 7.97. The third kappa shape index (κ3) is 4.79. The van der Waals surface area contributed by atoms with Crippen molar-refractivity contribution in [1.82, 2.24) is 14.3 Å². The third-order valence-electron chi connectivity index (χ3n) is 7.29. The van der Waals surface area contributed by atoms with Crippen molar-refractivity contribution in [3.63, 3.8) is 0 Å². The number of hydrogen-bond acceptors (Lipinski definition) is 2. The van der Waals surface area contributed by atoms with E-state index in [1.165, 1.54) is 21.3 Å². The molecule has 0 aliphatic rings. The molecule has 6 rings (SSSR count). The molecule has 4 aromatic carbocycles. The van der Waals surface area contributed by atoms with Crippen molar-refractivity contribution < 1.29 is 13.4 Å².